The molecule has 0 fully saturated rings. The first-order valence-corrected chi connectivity index (χ1v) is 16.3. The molecule has 1 aliphatic heterocycles. The number of aliphatic hydroxyl groups excluding tert-OH is 1. The average Bonchev–Trinajstić information content (AvgIpc) is 3.68. The summed E-state index contributed by atoms with van der Waals surface area (Å²) >= 11 is 2.37. The van der Waals surface area contributed by atoms with Crippen molar-refractivity contribution >= 4 is 46.0 Å². The van der Waals surface area contributed by atoms with Gasteiger partial charge in [0, 0.05) is 5.75 Å². The average molecular weight is 666 g/mol. The Bertz CT molecular complexity index is 1960. The summed E-state index contributed by atoms with van der Waals surface area (Å²) in [6.45, 7) is 0.303. The highest BCUT2D eigenvalue weighted by atomic mass is 32.2. The number of halogens is 1. The highest BCUT2D eigenvalue weighted by Crippen LogP contribution is 2.45. The number of amides is 1. The molecule has 11 heteroatoms. The Morgan fingerprint density at radius 2 is 1.70 bits per heavy atom. The fourth-order valence-electron chi connectivity index (χ4n) is 5.02. The molecule has 0 radical (unpaired) electrons. The van der Waals surface area contributed by atoms with E-state index in [1.54, 1.807) is 42.5 Å². The van der Waals surface area contributed by atoms with Crippen LogP contribution in [-0.4, -0.2) is 34.1 Å². The molecule has 8 nitrogen and oxygen atoms in total. The molecule has 0 spiro atoms. The molecule has 0 saturated carbocycles. The van der Waals surface area contributed by atoms with Crippen molar-refractivity contribution in [3.8, 4) is 11.5 Å². The van der Waals surface area contributed by atoms with Crippen molar-refractivity contribution in [2.45, 2.75) is 22.7 Å². The van der Waals surface area contributed by atoms with Gasteiger partial charge in [-0.05, 0) is 46.5 Å². The highest BCUT2D eigenvalue weighted by molar-refractivity contribution is 8.00. The monoisotopic (exact) mass is 665 g/mol. The second-order valence-electron chi connectivity index (χ2n) is 10.4. The minimum Gasteiger partial charge on any atom is -0.503 e. The first-order chi connectivity index (χ1) is 22.9. The number of methoxy groups -OCH3 is 1. The lowest BCUT2D eigenvalue weighted by Gasteiger charge is -2.24. The van der Waals surface area contributed by atoms with Gasteiger partial charge in [-0.25, -0.2) is 4.39 Å². The van der Waals surface area contributed by atoms with Gasteiger partial charge in [-0.3, -0.25) is 14.5 Å². The summed E-state index contributed by atoms with van der Waals surface area (Å²) in [5.74, 6) is -1.21. The third-order valence-electron chi connectivity index (χ3n) is 7.35. The van der Waals surface area contributed by atoms with Gasteiger partial charge in [0.25, 0.3) is 5.91 Å². The van der Waals surface area contributed by atoms with Crippen LogP contribution >= 0.6 is 23.1 Å². The molecule has 47 heavy (non-hydrogen) atoms. The number of carbonyl (C=O) groups is 2. The summed E-state index contributed by atoms with van der Waals surface area (Å²) in [4.78, 5) is 28.6. The van der Waals surface area contributed by atoms with Crippen LogP contribution in [0.5, 0.6) is 11.5 Å². The van der Waals surface area contributed by atoms with Gasteiger partial charge in [0.1, 0.15) is 12.4 Å². The van der Waals surface area contributed by atoms with E-state index in [9.17, 15) is 19.1 Å². The fraction of sp³-hybridized carbons (Fsp3) is 0.111. The molecule has 0 bridgehead atoms. The van der Waals surface area contributed by atoms with Crippen molar-refractivity contribution in [1.29, 1.82) is 0 Å². The van der Waals surface area contributed by atoms with Gasteiger partial charge < -0.3 is 14.6 Å². The van der Waals surface area contributed by atoms with Gasteiger partial charge >= 0.3 is 0 Å². The first kappa shape index (κ1) is 31.7. The summed E-state index contributed by atoms with van der Waals surface area (Å²) in [5.41, 5.74) is 2.62. The van der Waals surface area contributed by atoms with Gasteiger partial charge in [0.15, 0.2) is 27.4 Å². The van der Waals surface area contributed by atoms with Gasteiger partial charge in [-0.2, -0.15) is 0 Å². The summed E-state index contributed by atoms with van der Waals surface area (Å²) in [7, 11) is 1.50. The van der Waals surface area contributed by atoms with Crippen LogP contribution in [0.2, 0.25) is 0 Å². The number of allylic oxidation sites excluding steroid dienone is 1. The zero-order chi connectivity index (χ0) is 32.8. The zero-order valence-electron chi connectivity index (χ0n) is 25.1. The standard InChI is InChI=1S/C36H28FN3O5S2/c1-44-30-20-25(17-19-29(30)45-21-24-12-6-3-7-13-24)32-31(28(41)18-16-23-10-4-2-5-11-23)33(42)34(43)40(32)35-38-39-36(47-35)46-22-26-14-8-9-15-27(26)37/h2-20,32,42H,21-22H2,1H3. The smallest absolute Gasteiger partial charge is 0.296 e. The van der Waals surface area contributed by atoms with Crippen LogP contribution in [0.4, 0.5) is 9.52 Å². The van der Waals surface area contributed by atoms with Crippen LogP contribution in [0, 0.1) is 5.82 Å². The Kier molecular flexibility index (Phi) is 9.75. The molecule has 4 aromatic carbocycles. The molecule has 1 unspecified atom stereocenters. The van der Waals surface area contributed by atoms with Crippen LogP contribution < -0.4 is 14.4 Å². The molecule has 1 aliphatic rings. The highest BCUT2D eigenvalue weighted by Gasteiger charge is 2.45. The van der Waals surface area contributed by atoms with Crippen molar-refractivity contribution < 1.29 is 28.6 Å². The van der Waals surface area contributed by atoms with E-state index in [4.69, 9.17) is 9.47 Å². The predicted molar refractivity (Wildman–Crippen MR) is 180 cm³/mol. The van der Waals surface area contributed by atoms with Crippen LogP contribution in [0.1, 0.15) is 28.3 Å². The number of rotatable bonds is 12. The van der Waals surface area contributed by atoms with Gasteiger partial charge in [-0.15, -0.1) is 10.2 Å². The quantitative estimate of drug-likeness (QED) is 0.0821. The molecular weight excluding hydrogens is 638 g/mol. The lowest BCUT2D eigenvalue weighted by Crippen LogP contribution is -2.30. The third-order valence-corrected chi connectivity index (χ3v) is 9.46. The molecule has 2 heterocycles. The Hall–Kier alpha value is -5.26. The lowest BCUT2D eigenvalue weighted by molar-refractivity contribution is -0.117. The predicted octanol–water partition coefficient (Wildman–Crippen LogP) is 7.74. The summed E-state index contributed by atoms with van der Waals surface area (Å²) in [5, 5.41) is 19.8. The van der Waals surface area contributed by atoms with E-state index in [2.05, 4.69) is 10.2 Å². The number of aliphatic hydroxyl groups is 1. The molecule has 1 atom stereocenters. The van der Waals surface area contributed by atoms with Crippen molar-refractivity contribution in [3.63, 3.8) is 0 Å². The number of ketones is 1. The van der Waals surface area contributed by atoms with E-state index in [1.807, 2.05) is 60.7 Å². The van der Waals surface area contributed by atoms with Crippen molar-refractivity contribution in [2.24, 2.45) is 0 Å². The van der Waals surface area contributed by atoms with Gasteiger partial charge in [0.05, 0.1) is 18.7 Å². The first-order valence-electron chi connectivity index (χ1n) is 14.5. The topological polar surface area (TPSA) is 102 Å². The Balaban J connectivity index is 1.33. The van der Waals surface area contributed by atoms with Crippen molar-refractivity contribution in [1.82, 2.24) is 10.2 Å². The molecule has 1 N–H and O–H groups in total. The van der Waals surface area contributed by atoms with E-state index in [0.29, 0.717) is 39.3 Å². The number of benzene rings is 4. The van der Waals surface area contributed by atoms with E-state index in [-0.39, 0.29) is 16.5 Å². The summed E-state index contributed by atoms with van der Waals surface area (Å²) < 4.78 is 26.4. The van der Waals surface area contributed by atoms with Crippen molar-refractivity contribution in [3.05, 3.63) is 149 Å². The number of nitrogens with zero attached hydrogens (tertiary/aromatic N) is 3. The number of hydrogen-bond acceptors (Lipinski definition) is 9. The summed E-state index contributed by atoms with van der Waals surface area (Å²) in [6.07, 6.45) is 2.95. The Labute approximate surface area is 278 Å². The molecule has 6 rings (SSSR count). The van der Waals surface area contributed by atoms with E-state index in [0.717, 1.165) is 22.5 Å². The number of hydrogen-bond donors (Lipinski definition) is 1. The van der Waals surface area contributed by atoms with E-state index in [1.165, 1.54) is 35.9 Å². The lowest BCUT2D eigenvalue weighted by atomic mass is 9.95. The van der Waals surface area contributed by atoms with E-state index < -0.39 is 23.5 Å². The molecular formula is C36H28FN3O5S2. The molecule has 1 aromatic heterocycles. The van der Waals surface area contributed by atoms with Crippen LogP contribution in [-0.2, 0) is 21.9 Å². The molecule has 0 saturated heterocycles. The molecule has 1 amide bonds. The Morgan fingerprint density at radius 1 is 0.979 bits per heavy atom. The SMILES string of the molecule is COc1cc(C2C(C(=O)C=Cc3ccccc3)=C(O)C(=O)N2c2nnc(SCc3ccccc3F)s2)ccc1OCc1ccccc1. The van der Waals surface area contributed by atoms with Crippen molar-refractivity contribution in [2.75, 3.05) is 12.0 Å². The molecule has 236 valence electrons. The maximum Gasteiger partial charge on any atom is 0.296 e. The number of carbonyl (C=O) groups excluding carboxylic acids is 2. The van der Waals surface area contributed by atoms with Crippen LogP contribution in [0.25, 0.3) is 6.08 Å². The van der Waals surface area contributed by atoms with Crippen LogP contribution in [0.15, 0.2) is 125 Å². The third kappa shape index (κ3) is 7.11. The maximum absolute atomic E-state index is 14.2. The van der Waals surface area contributed by atoms with E-state index >= 15 is 0 Å². The molecule has 0 aliphatic carbocycles. The normalized spacial score (nSPS) is 14.6. The second kappa shape index (κ2) is 14.4. The van der Waals surface area contributed by atoms with Gasteiger partial charge in [0.2, 0.25) is 5.13 Å². The second-order valence-corrected chi connectivity index (χ2v) is 12.5. The number of thioether (sulfide) groups is 1. The van der Waals surface area contributed by atoms with Gasteiger partial charge in [-0.1, -0.05) is 114 Å². The minimum absolute atomic E-state index is 0.113. The number of ether oxygens (including phenoxy) is 2. The fourth-order valence-corrected chi connectivity index (χ4v) is 6.87. The summed E-state index contributed by atoms with van der Waals surface area (Å²) in [6, 6.07) is 29.4. The minimum atomic E-state index is -1.05. The Morgan fingerprint density at radius 3 is 2.45 bits per heavy atom. The maximum atomic E-state index is 14.2. The van der Waals surface area contributed by atoms with Crippen LogP contribution in [0.3, 0.4) is 0 Å². The number of anilines is 1. The molecule has 5 aromatic rings. The number of aromatic nitrogens is 2. The zero-order valence-corrected chi connectivity index (χ0v) is 26.7. The largest absolute Gasteiger partial charge is 0.503 e.